The van der Waals surface area contributed by atoms with Gasteiger partial charge in [0.25, 0.3) is 0 Å². The second-order valence-corrected chi connectivity index (χ2v) is 15.4. The van der Waals surface area contributed by atoms with E-state index in [0.717, 1.165) is 38.8 Å². The highest BCUT2D eigenvalue weighted by Crippen LogP contribution is 2.15. The van der Waals surface area contributed by atoms with Crippen LogP contribution in [0.1, 0.15) is 206 Å². The number of methoxy groups -OCH3 is 2. The molecular formula is C45H86N2O8. The van der Waals surface area contributed by atoms with Crippen molar-refractivity contribution in [2.24, 2.45) is 0 Å². The first kappa shape index (κ1) is 52.8. The summed E-state index contributed by atoms with van der Waals surface area (Å²) < 4.78 is 20.3. The third kappa shape index (κ3) is 35.9. The number of esters is 2. The van der Waals surface area contributed by atoms with Gasteiger partial charge in [0.1, 0.15) is 19.3 Å². The first-order chi connectivity index (χ1) is 26.9. The van der Waals surface area contributed by atoms with Crippen LogP contribution >= 0.6 is 0 Å². The zero-order valence-corrected chi connectivity index (χ0v) is 36.2. The maximum atomic E-state index is 13.5. The lowest BCUT2D eigenvalue weighted by Crippen LogP contribution is -2.42. The fourth-order valence-corrected chi connectivity index (χ4v) is 6.80. The molecule has 1 unspecified atom stereocenters. The van der Waals surface area contributed by atoms with E-state index >= 15 is 0 Å². The van der Waals surface area contributed by atoms with Crippen LogP contribution in [0.25, 0.3) is 0 Å². The van der Waals surface area contributed by atoms with E-state index in [0.29, 0.717) is 25.9 Å². The molecule has 0 aliphatic rings. The Bertz CT molecular complexity index is 874. The summed E-state index contributed by atoms with van der Waals surface area (Å²) in [6.45, 7) is 6.87. The van der Waals surface area contributed by atoms with Crippen LogP contribution in [0.15, 0.2) is 0 Å². The first-order valence-corrected chi connectivity index (χ1v) is 22.8. The van der Waals surface area contributed by atoms with Crippen LogP contribution in [0.3, 0.4) is 0 Å². The van der Waals surface area contributed by atoms with Crippen molar-refractivity contribution in [3.63, 3.8) is 0 Å². The minimum absolute atomic E-state index is 0.00695. The Labute approximate surface area is 337 Å². The van der Waals surface area contributed by atoms with Crippen molar-refractivity contribution in [1.29, 1.82) is 0 Å². The Balaban J connectivity index is 4.85. The highest BCUT2D eigenvalue weighted by atomic mass is 16.6. The van der Waals surface area contributed by atoms with E-state index in [1.807, 2.05) is 4.90 Å². The molecule has 0 radical (unpaired) electrons. The summed E-state index contributed by atoms with van der Waals surface area (Å²) in [5.41, 5.74) is 0. The number of amides is 2. The molecule has 0 aromatic heterocycles. The third-order valence-corrected chi connectivity index (χ3v) is 10.3. The van der Waals surface area contributed by atoms with Gasteiger partial charge in [-0.3, -0.25) is 14.4 Å². The van der Waals surface area contributed by atoms with Gasteiger partial charge in [-0.05, 0) is 25.7 Å². The molecule has 0 saturated heterocycles. The van der Waals surface area contributed by atoms with E-state index in [-0.39, 0.29) is 56.9 Å². The van der Waals surface area contributed by atoms with E-state index < -0.39 is 12.0 Å². The molecule has 0 aromatic rings. The SMILES string of the molecule is CCCCCCCCCCCCCCN(CCCCCCCCCCCCCC)C(=O)CCC(=O)NC(CCCCC(=O)OCCOC)C(=O)OCCOC. The summed E-state index contributed by atoms with van der Waals surface area (Å²) in [6, 6.07) is -0.859. The van der Waals surface area contributed by atoms with Crippen LogP contribution in [-0.4, -0.2) is 88.4 Å². The summed E-state index contributed by atoms with van der Waals surface area (Å²) in [5.74, 6) is -1.21. The average molecular weight is 783 g/mol. The number of rotatable bonds is 42. The zero-order chi connectivity index (χ0) is 40.5. The number of ether oxygens (including phenoxy) is 4. The van der Waals surface area contributed by atoms with E-state index in [1.165, 1.54) is 136 Å². The molecule has 0 aliphatic carbocycles. The lowest BCUT2D eigenvalue weighted by Gasteiger charge is -2.23. The van der Waals surface area contributed by atoms with Crippen molar-refractivity contribution in [2.45, 2.75) is 213 Å². The highest BCUT2D eigenvalue weighted by molar-refractivity contribution is 5.87. The van der Waals surface area contributed by atoms with Gasteiger partial charge in [0, 0.05) is 46.6 Å². The Kier molecular flexibility index (Phi) is 39.8. The molecule has 1 atom stereocenters. The number of hydrogen-bond donors (Lipinski definition) is 1. The molecule has 1 N–H and O–H groups in total. The zero-order valence-electron chi connectivity index (χ0n) is 36.2. The third-order valence-electron chi connectivity index (χ3n) is 10.3. The average Bonchev–Trinajstić information content (AvgIpc) is 3.18. The number of unbranched alkanes of at least 4 members (excludes halogenated alkanes) is 23. The second kappa shape index (κ2) is 41.4. The van der Waals surface area contributed by atoms with Crippen molar-refractivity contribution in [1.82, 2.24) is 10.2 Å². The molecule has 0 saturated carbocycles. The Hall–Kier alpha value is -2.20. The summed E-state index contributed by atoms with van der Waals surface area (Å²) in [6.07, 6.45) is 32.3. The molecule has 324 valence electrons. The number of nitrogens with zero attached hydrogens (tertiary/aromatic N) is 1. The second-order valence-electron chi connectivity index (χ2n) is 15.4. The molecular weight excluding hydrogens is 697 g/mol. The normalized spacial score (nSPS) is 11.7. The van der Waals surface area contributed by atoms with Crippen molar-refractivity contribution in [2.75, 3.05) is 53.7 Å². The topological polar surface area (TPSA) is 120 Å². The lowest BCUT2D eigenvalue weighted by atomic mass is 10.0. The molecule has 0 heterocycles. The van der Waals surface area contributed by atoms with Crippen molar-refractivity contribution >= 4 is 23.8 Å². The van der Waals surface area contributed by atoms with Crippen LogP contribution in [0.5, 0.6) is 0 Å². The quantitative estimate of drug-likeness (QED) is 0.0480. The fourth-order valence-electron chi connectivity index (χ4n) is 6.80. The van der Waals surface area contributed by atoms with Gasteiger partial charge in [-0.2, -0.15) is 0 Å². The number of carbonyl (C=O) groups is 4. The first-order valence-electron chi connectivity index (χ1n) is 22.8. The van der Waals surface area contributed by atoms with Crippen LogP contribution < -0.4 is 5.32 Å². The van der Waals surface area contributed by atoms with Crippen LogP contribution in [0, 0.1) is 0 Å². The Morgan fingerprint density at radius 3 is 1.33 bits per heavy atom. The molecule has 55 heavy (non-hydrogen) atoms. The number of carbonyl (C=O) groups excluding carboxylic acids is 4. The summed E-state index contributed by atoms with van der Waals surface area (Å²) >= 11 is 0. The molecule has 0 spiro atoms. The molecule has 10 nitrogen and oxygen atoms in total. The lowest BCUT2D eigenvalue weighted by molar-refractivity contribution is -0.149. The Morgan fingerprint density at radius 2 is 0.891 bits per heavy atom. The summed E-state index contributed by atoms with van der Waals surface area (Å²) in [5, 5.41) is 2.80. The Morgan fingerprint density at radius 1 is 0.473 bits per heavy atom. The monoisotopic (exact) mass is 783 g/mol. The predicted octanol–water partition coefficient (Wildman–Crippen LogP) is 10.4. The van der Waals surface area contributed by atoms with Gasteiger partial charge in [-0.1, -0.05) is 162 Å². The van der Waals surface area contributed by atoms with Crippen LogP contribution in [-0.2, 0) is 38.1 Å². The molecule has 2 amide bonds. The minimum Gasteiger partial charge on any atom is -0.463 e. The largest absolute Gasteiger partial charge is 0.463 e. The molecule has 0 aliphatic heterocycles. The van der Waals surface area contributed by atoms with Gasteiger partial charge in [0.05, 0.1) is 13.2 Å². The van der Waals surface area contributed by atoms with E-state index in [4.69, 9.17) is 18.9 Å². The fraction of sp³-hybridized carbons (Fsp3) is 0.911. The van der Waals surface area contributed by atoms with Gasteiger partial charge in [-0.25, -0.2) is 4.79 Å². The molecule has 0 rings (SSSR count). The molecule has 0 aromatic carbocycles. The van der Waals surface area contributed by atoms with Crippen molar-refractivity contribution in [3.05, 3.63) is 0 Å². The van der Waals surface area contributed by atoms with E-state index in [9.17, 15) is 19.2 Å². The number of nitrogens with one attached hydrogen (secondary N) is 1. The molecule has 0 fully saturated rings. The van der Waals surface area contributed by atoms with Gasteiger partial charge in [0.2, 0.25) is 11.8 Å². The van der Waals surface area contributed by atoms with Crippen molar-refractivity contribution < 1.29 is 38.1 Å². The summed E-state index contributed by atoms with van der Waals surface area (Å²) in [7, 11) is 3.07. The highest BCUT2D eigenvalue weighted by Gasteiger charge is 2.23. The van der Waals surface area contributed by atoms with E-state index in [2.05, 4.69) is 19.2 Å². The maximum absolute atomic E-state index is 13.5. The van der Waals surface area contributed by atoms with Gasteiger partial charge >= 0.3 is 11.9 Å². The standard InChI is InChI=1S/C45H86N2O8/c1-5-7-9-11-13-15-17-19-21-23-25-29-35-47(36-30-26-24-22-20-18-16-14-12-10-8-6-2)43(49)34-33-42(48)46-41(45(51)55-40-38-53-4)31-27-28-32-44(50)54-39-37-52-3/h41H,5-40H2,1-4H3,(H,46,48). The summed E-state index contributed by atoms with van der Waals surface area (Å²) in [4.78, 5) is 53.2. The number of hydrogen-bond acceptors (Lipinski definition) is 8. The molecule has 10 heteroatoms. The van der Waals surface area contributed by atoms with Gasteiger partial charge in [0.15, 0.2) is 0 Å². The smallest absolute Gasteiger partial charge is 0.328 e. The maximum Gasteiger partial charge on any atom is 0.328 e. The van der Waals surface area contributed by atoms with E-state index in [1.54, 1.807) is 7.11 Å². The van der Waals surface area contributed by atoms with Crippen LogP contribution in [0.4, 0.5) is 0 Å². The predicted molar refractivity (Wildman–Crippen MR) is 224 cm³/mol. The minimum atomic E-state index is -0.859. The van der Waals surface area contributed by atoms with Gasteiger partial charge in [-0.15, -0.1) is 0 Å². The van der Waals surface area contributed by atoms with Crippen LogP contribution in [0.2, 0.25) is 0 Å². The van der Waals surface area contributed by atoms with Crippen molar-refractivity contribution in [3.8, 4) is 0 Å². The molecule has 0 bridgehead atoms. The van der Waals surface area contributed by atoms with Gasteiger partial charge < -0.3 is 29.2 Å².